The molecule has 0 spiro atoms. The third kappa shape index (κ3) is 2.10. The van der Waals surface area contributed by atoms with Gasteiger partial charge in [0.1, 0.15) is 11.5 Å². The summed E-state index contributed by atoms with van der Waals surface area (Å²) in [6, 6.07) is 9.94. The molecule has 0 unspecified atom stereocenters. The summed E-state index contributed by atoms with van der Waals surface area (Å²) in [6.45, 7) is 3.81. The Morgan fingerprint density at radius 3 is 2.69 bits per heavy atom. The van der Waals surface area contributed by atoms with Crippen LogP contribution in [0.25, 0.3) is 16.2 Å². The Balaban J connectivity index is 2.53. The zero-order valence-electron chi connectivity index (χ0n) is 8.74. The molecular formula is C12H10ClNOS. The van der Waals surface area contributed by atoms with Crippen LogP contribution in [-0.4, -0.2) is 12.1 Å². The first kappa shape index (κ1) is 11.2. The first-order chi connectivity index (χ1) is 7.72. The number of ether oxygens (including phenoxy) is 1. The molecule has 4 heteroatoms. The fourth-order valence-corrected chi connectivity index (χ4v) is 2.50. The van der Waals surface area contributed by atoms with Crippen LogP contribution in [0.15, 0.2) is 36.9 Å². The van der Waals surface area contributed by atoms with Gasteiger partial charge in [-0.25, -0.2) is 4.98 Å². The maximum Gasteiger partial charge on any atom is 0.184 e. The van der Waals surface area contributed by atoms with Crippen molar-refractivity contribution < 1.29 is 4.74 Å². The second-order valence-corrected chi connectivity index (χ2v) is 4.72. The van der Waals surface area contributed by atoms with Gasteiger partial charge < -0.3 is 4.74 Å². The van der Waals surface area contributed by atoms with Gasteiger partial charge >= 0.3 is 0 Å². The quantitative estimate of drug-likeness (QED) is 0.767. The topological polar surface area (TPSA) is 22.1 Å². The summed E-state index contributed by atoms with van der Waals surface area (Å²) in [6.07, 6.45) is 0. The van der Waals surface area contributed by atoms with Crippen LogP contribution in [0.3, 0.4) is 0 Å². The smallest absolute Gasteiger partial charge is 0.184 e. The van der Waals surface area contributed by atoms with E-state index in [2.05, 4.69) is 11.6 Å². The molecule has 0 saturated carbocycles. The number of hydrogen-bond acceptors (Lipinski definition) is 3. The van der Waals surface area contributed by atoms with Crippen molar-refractivity contribution in [3.05, 3.63) is 47.1 Å². The number of halogens is 1. The molecule has 0 radical (unpaired) electrons. The number of thiazole rings is 1. The van der Waals surface area contributed by atoms with E-state index in [9.17, 15) is 0 Å². The van der Waals surface area contributed by atoms with E-state index in [0.717, 1.165) is 10.4 Å². The van der Waals surface area contributed by atoms with Crippen LogP contribution >= 0.6 is 22.9 Å². The lowest BCUT2D eigenvalue weighted by molar-refractivity contribution is 0.370. The standard InChI is InChI=1S/C12H10ClNOS/c1-8(15-2)10-11(16-12(13)14-10)9-6-4-3-5-7-9/h3-7H,1H2,2H3. The van der Waals surface area contributed by atoms with E-state index in [4.69, 9.17) is 16.3 Å². The van der Waals surface area contributed by atoms with Crippen molar-refractivity contribution in [3.63, 3.8) is 0 Å². The monoisotopic (exact) mass is 251 g/mol. The molecule has 1 aromatic carbocycles. The second kappa shape index (κ2) is 4.68. The molecule has 0 fully saturated rings. The number of rotatable bonds is 3. The predicted molar refractivity (Wildman–Crippen MR) is 68.6 cm³/mol. The molecule has 82 valence electrons. The summed E-state index contributed by atoms with van der Waals surface area (Å²) in [5.41, 5.74) is 1.78. The summed E-state index contributed by atoms with van der Waals surface area (Å²) >= 11 is 7.35. The van der Waals surface area contributed by atoms with Crippen molar-refractivity contribution in [2.24, 2.45) is 0 Å². The van der Waals surface area contributed by atoms with Crippen LogP contribution in [0, 0.1) is 0 Å². The van der Waals surface area contributed by atoms with Gasteiger partial charge in [-0.2, -0.15) is 0 Å². The summed E-state index contributed by atoms with van der Waals surface area (Å²) in [5, 5.41) is 0. The van der Waals surface area contributed by atoms with Crippen LogP contribution in [0.1, 0.15) is 5.69 Å². The van der Waals surface area contributed by atoms with Gasteiger partial charge in [0.2, 0.25) is 0 Å². The lowest BCUT2D eigenvalue weighted by Gasteiger charge is -2.03. The molecule has 2 rings (SSSR count). The number of methoxy groups -OCH3 is 1. The van der Waals surface area contributed by atoms with Crippen molar-refractivity contribution in [1.29, 1.82) is 0 Å². The second-order valence-electron chi connectivity index (χ2n) is 3.14. The van der Waals surface area contributed by atoms with Crippen LogP contribution in [0.4, 0.5) is 0 Å². The molecular weight excluding hydrogens is 242 g/mol. The van der Waals surface area contributed by atoms with Crippen molar-refractivity contribution in [3.8, 4) is 10.4 Å². The van der Waals surface area contributed by atoms with E-state index < -0.39 is 0 Å². The van der Waals surface area contributed by atoms with Crippen molar-refractivity contribution in [1.82, 2.24) is 4.98 Å². The normalized spacial score (nSPS) is 10.1. The highest BCUT2D eigenvalue weighted by Gasteiger charge is 2.14. The Hall–Kier alpha value is -1.32. The summed E-state index contributed by atoms with van der Waals surface area (Å²) in [4.78, 5) is 5.20. The summed E-state index contributed by atoms with van der Waals surface area (Å²) in [7, 11) is 1.57. The average molecular weight is 252 g/mol. The largest absolute Gasteiger partial charge is 0.495 e. The van der Waals surface area contributed by atoms with Gasteiger partial charge in [0.05, 0.1) is 12.0 Å². The Kier molecular flexibility index (Phi) is 3.27. The van der Waals surface area contributed by atoms with Crippen molar-refractivity contribution in [2.45, 2.75) is 0 Å². The Morgan fingerprint density at radius 2 is 2.06 bits per heavy atom. The molecule has 1 aromatic heterocycles. The van der Waals surface area contributed by atoms with Crippen LogP contribution in [-0.2, 0) is 4.74 Å². The molecule has 0 aliphatic rings. The minimum atomic E-state index is 0.493. The third-order valence-electron chi connectivity index (χ3n) is 2.15. The molecule has 0 amide bonds. The van der Waals surface area contributed by atoms with Crippen molar-refractivity contribution >= 4 is 28.7 Å². The van der Waals surface area contributed by atoms with Gasteiger partial charge in [0, 0.05) is 0 Å². The number of benzene rings is 1. The van der Waals surface area contributed by atoms with E-state index in [1.54, 1.807) is 7.11 Å². The summed E-state index contributed by atoms with van der Waals surface area (Å²) < 4.78 is 5.60. The van der Waals surface area contributed by atoms with Crippen LogP contribution in [0.5, 0.6) is 0 Å². The Morgan fingerprint density at radius 1 is 1.38 bits per heavy atom. The van der Waals surface area contributed by atoms with Gasteiger partial charge in [-0.05, 0) is 5.56 Å². The first-order valence-corrected chi connectivity index (χ1v) is 5.87. The molecule has 2 aromatic rings. The maximum atomic E-state index is 5.93. The predicted octanol–water partition coefficient (Wildman–Crippen LogP) is 4.08. The highest BCUT2D eigenvalue weighted by Crippen LogP contribution is 2.35. The molecule has 0 aliphatic heterocycles. The van der Waals surface area contributed by atoms with Gasteiger partial charge in [-0.15, -0.1) is 11.3 Å². The highest BCUT2D eigenvalue weighted by atomic mass is 35.5. The fraction of sp³-hybridized carbons (Fsp3) is 0.0833. The minimum Gasteiger partial charge on any atom is -0.495 e. The van der Waals surface area contributed by atoms with E-state index in [1.807, 2.05) is 30.3 Å². The highest BCUT2D eigenvalue weighted by molar-refractivity contribution is 7.19. The summed E-state index contributed by atoms with van der Waals surface area (Å²) in [5.74, 6) is 0.530. The molecule has 0 N–H and O–H groups in total. The molecule has 0 saturated heterocycles. The van der Waals surface area contributed by atoms with Gasteiger partial charge in [0.25, 0.3) is 0 Å². The molecule has 0 bridgehead atoms. The molecule has 2 nitrogen and oxygen atoms in total. The number of nitrogens with zero attached hydrogens (tertiary/aromatic N) is 1. The third-order valence-corrected chi connectivity index (χ3v) is 3.36. The number of aromatic nitrogens is 1. The Bertz CT molecular complexity index is 507. The van der Waals surface area contributed by atoms with E-state index in [-0.39, 0.29) is 0 Å². The molecule has 16 heavy (non-hydrogen) atoms. The molecule has 0 aliphatic carbocycles. The molecule has 0 atom stereocenters. The lowest BCUT2D eigenvalue weighted by atomic mass is 10.1. The van der Waals surface area contributed by atoms with E-state index >= 15 is 0 Å². The maximum absolute atomic E-state index is 5.93. The SMILES string of the molecule is C=C(OC)c1nc(Cl)sc1-c1ccccc1. The fourth-order valence-electron chi connectivity index (χ4n) is 1.36. The average Bonchev–Trinajstić information content (AvgIpc) is 2.71. The van der Waals surface area contributed by atoms with E-state index in [1.165, 1.54) is 11.3 Å². The van der Waals surface area contributed by atoms with Gasteiger partial charge in [-0.3, -0.25) is 0 Å². The zero-order valence-corrected chi connectivity index (χ0v) is 10.3. The van der Waals surface area contributed by atoms with Crippen molar-refractivity contribution in [2.75, 3.05) is 7.11 Å². The van der Waals surface area contributed by atoms with E-state index in [0.29, 0.717) is 15.9 Å². The van der Waals surface area contributed by atoms with Gasteiger partial charge in [-0.1, -0.05) is 48.5 Å². The lowest BCUT2D eigenvalue weighted by Crippen LogP contribution is -1.88. The number of hydrogen-bond donors (Lipinski definition) is 0. The minimum absolute atomic E-state index is 0.493. The van der Waals surface area contributed by atoms with Crippen LogP contribution in [0.2, 0.25) is 4.47 Å². The Labute approximate surface area is 103 Å². The zero-order chi connectivity index (χ0) is 11.5. The molecule has 1 heterocycles. The van der Waals surface area contributed by atoms with Crippen LogP contribution < -0.4 is 0 Å². The van der Waals surface area contributed by atoms with Gasteiger partial charge in [0.15, 0.2) is 4.47 Å². The first-order valence-electron chi connectivity index (χ1n) is 4.67.